The van der Waals surface area contributed by atoms with Crippen molar-refractivity contribution in [1.29, 1.82) is 0 Å². The van der Waals surface area contributed by atoms with Gasteiger partial charge in [0.15, 0.2) is 11.8 Å². The van der Waals surface area contributed by atoms with Gasteiger partial charge in [-0.2, -0.15) is 0 Å². The van der Waals surface area contributed by atoms with Crippen LogP contribution in [0.5, 0.6) is 0 Å². The third-order valence-corrected chi connectivity index (χ3v) is 7.44. The molecule has 1 aromatic heterocycles. The van der Waals surface area contributed by atoms with Crippen molar-refractivity contribution < 1.29 is 19.2 Å². The number of esters is 1. The molecule has 33 heavy (non-hydrogen) atoms. The van der Waals surface area contributed by atoms with E-state index in [1.54, 1.807) is 11.6 Å². The van der Waals surface area contributed by atoms with Crippen LogP contribution in [0.15, 0.2) is 34.6 Å². The summed E-state index contributed by atoms with van der Waals surface area (Å²) in [5, 5.41) is 19.7. The molecule has 2 aliphatic rings. The summed E-state index contributed by atoms with van der Waals surface area (Å²) in [6.45, 7) is 6.95. The highest BCUT2D eigenvalue weighted by atomic mass is 32.2. The Kier molecular flexibility index (Phi) is 5.94. The number of ether oxygens (including phenoxy) is 1. The fourth-order valence-electron chi connectivity index (χ4n) is 5.38. The standard InChI is InChI=1S/C22H27N5O5S/c1-21(2)8-15-9-22(3,11-21)12-26(15)18(28)10-32-19(29)14-5-6-17(16(7-14)27(30)31)33-20-24-23-13-25(20)4/h5-7,13,15H,8-12H2,1-4H3. The molecule has 1 aromatic carbocycles. The second kappa shape index (κ2) is 8.44. The number of hydrogen-bond donors (Lipinski definition) is 0. The first-order valence-electron chi connectivity index (χ1n) is 10.7. The lowest BCUT2D eigenvalue weighted by atomic mass is 9.65. The highest BCUT2D eigenvalue weighted by Gasteiger charge is 2.50. The van der Waals surface area contributed by atoms with Crippen molar-refractivity contribution in [3.05, 3.63) is 40.2 Å². The Bertz CT molecular complexity index is 1120. The van der Waals surface area contributed by atoms with Gasteiger partial charge >= 0.3 is 5.97 Å². The molecule has 11 heteroatoms. The van der Waals surface area contributed by atoms with Crippen LogP contribution in [0.25, 0.3) is 0 Å². The fraction of sp³-hybridized carbons (Fsp3) is 0.545. The van der Waals surface area contributed by atoms with Crippen LogP contribution in [0.2, 0.25) is 0 Å². The van der Waals surface area contributed by atoms with E-state index in [-0.39, 0.29) is 40.6 Å². The number of carbonyl (C=O) groups is 2. The number of benzene rings is 1. The van der Waals surface area contributed by atoms with Crippen LogP contribution in [-0.2, 0) is 16.6 Å². The maximum Gasteiger partial charge on any atom is 0.338 e. The van der Waals surface area contributed by atoms with Crippen LogP contribution in [0.1, 0.15) is 50.4 Å². The Morgan fingerprint density at radius 1 is 1.30 bits per heavy atom. The minimum atomic E-state index is -0.768. The molecule has 1 saturated carbocycles. The number of fused-ring (bicyclic) bond motifs is 2. The Morgan fingerprint density at radius 3 is 2.73 bits per heavy atom. The zero-order valence-electron chi connectivity index (χ0n) is 19.1. The predicted molar refractivity (Wildman–Crippen MR) is 120 cm³/mol. The second-order valence-electron chi connectivity index (χ2n) is 10.1. The number of aryl methyl sites for hydroxylation is 1. The van der Waals surface area contributed by atoms with Crippen molar-refractivity contribution in [2.24, 2.45) is 17.9 Å². The molecule has 1 saturated heterocycles. The summed E-state index contributed by atoms with van der Waals surface area (Å²) in [6.07, 6.45) is 4.45. The number of nitro benzene ring substituents is 1. The van der Waals surface area contributed by atoms with Gasteiger partial charge in [-0.1, -0.05) is 20.8 Å². The van der Waals surface area contributed by atoms with Gasteiger partial charge < -0.3 is 14.2 Å². The zero-order chi connectivity index (χ0) is 24.0. The Morgan fingerprint density at radius 2 is 2.06 bits per heavy atom. The van der Waals surface area contributed by atoms with E-state index in [9.17, 15) is 19.7 Å². The minimum absolute atomic E-state index is 0.0186. The number of rotatable bonds is 6. The predicted octanol–water partition coefficient (Wildman–Crippen LogP) is 3.46. The first kappa shape index (κ1) is 23.2. The first-order valence-corrected chi connectivity index (χ1v) is 11.5. The highest BCUT2D eigenvalue weighted by molar-refractivity contribution is 7.99. The van der Waals surface area contributed by atoms with Gasteiger partial charge in [-0.15, -0.1) is 10.2 Å². The van der Waals surface area contributed by atoms with E-state index in [0.717, 1.165) is 37.1 Å². The molecule has 0 spiro atoms. The van der Waals surface area contributed by atoms with Crippen molar-refractivity contribution in [3.8, 4) is 0 Å². The van der Waals surface area contributed by atoms with Gasteiger partial charge in [-0.25, -0.2) is 4.79 Å². The fourth-order valence-corrected chi connectivity index (χ4v) is 6.23. The number of nitro groups is 1. The second-order valence-corrected chi connectivity index (χ2v) is 11.1. The Labute approximate surface area is 195 Å². The molecule has 1 aliphatic carbocycles. The quantitative estimate of drug-likeness (QED) is 0.355. The molecule has 2 unspecified atom stereocenters. The van der Waals surface area contributed by atoms with Gasteiger partial charge in [0.2, 0.25) is 0 Å². The summed E-state index contributed by atoms with van der Waals surface area (Å²) >= 11 is 1.07. The molecule has 2 fully saturated rings. The first-order chi connectivity index (χ1) is 15.5. The number of amides is 1. The number of likely N-dealkylation sites (tertiary alicyclic amines) is 1. The third-order valence-electron chi connectivity index (χ3n) is 6.32. The lowest BCUT2D eigenvalue weighted by Gasteiger charge is -2.39. The molecule has 0 N–H and O–H groups in total. The molecule has 4 rings (SSSR count). The topological polar surface area (TPSA) is 120 Å². The average Bonchev–Trinajstić information content (AvgIpc) is 3.24. The van der Waals surface area contributed by atoms with Crippen molar-refractivity contribution >= 4 is 29.3 Å². The van der Waals surface area contributed by atoms with Gasteiger partial charge in [-0.3, -0.25) is 14.9 Å². The lowest BCUT2D eigenvalue weighted by molar-refractivity contribution is -0.387. The number of nitrogens with zero attached hydrogens (tertiary/aromatic N) is 5. The van der Waals surface area contributed by atoms with E-state index in [0.29, 0.717) is 16.6 Å². The van der Waals surface area contributed by atoms with Crippen LogP contribution < -0.4 is 0 Å². The van der Waals surface area contributed by atoms with Gasteiger partial charge in [0.25, 0.3) is 11.6 Å². The van der Waals surface area contributed by atoms with E-state index in [1.807, 2.05) is 4.90 Å². The molecule has 2 heterocycles. The average molecular weight is 474 g/mol. The van der Waals surface area contributed by atoms with E-state index < -0.39 is 10.9 Å². The third kappa shape index (κ3) is 4.87. The van der Waals surface area contributed by atoms with E-state index >= 15 is 0 Å². The molecule has 0 radical (unpaired) electrons. The molecule has 10 nitrogen and oxygen atoms in total. The van der Waals surface area contributed by atoms with Gasteiger partial charge in [0.1, 0.15) is 6.33 Å². The Hall–Kier alpha value is -2.95. The molecule has 2 atom stereocenters. The summed E-state index contributed by atoms with van der Waals surface area (Å²) in [6, 6.07) is 4.24. The van der Waals surface area contributed by atoms with Crippen LogP contribution in [-0.4, -0.2) is 55.7 Å². The SMILES string of the molecule is Cn1cnnc1Sc1ccc(C(=O)OCC(=O)N2CC3(C)CC2CC(C)(C)C3)cc1[N+](=O)[O-]. The molecular weight excluding hydrogens is 446 g/mol. The summed E-state index contributed by atoms with van der Waals surface area (Å²) in [5.74, 6) is -0.992. The summed E-state index contributed by atoms with van der Waals surface area (Å²) < 4.78 is 6.89. The molecule has 176 valence electrons. The normalized spacial score (nSPS) is 23.4. The van der Waals surface area contributed by atoms with E-state index in [2.05, 4.69) is 31.0 Å². The molecule has 2 bridgehead atoms. The maximum absolute atomic E-state index is 12.8. The number of aromatic nitrogens is 3. The van der Waals surface area contributed by atoms with Crippen LogP contribution in [0.4, 0.5) is 5.69 Å². The van der Waals surface area contributed by atoms with Crippen molar-refractivity contribution in [2.75, 3.05) is 13.2 Å². The van der Waals surface area contributed by atoms with Crippen molar-refractivity contribution in [2.45, 2.75) is 56.1 Å². The van der Waals surface area contributed by atoms with E-state index in [1.165, 1.54) is 18.5 Å². The van der Waals surface area contributed by atoms with Gasteiger partial charge in [-0.05, 0) is 54.0 Å². The van der Waals surface area contributed by atoms with Crippen molar-refractivity contribution in [1.82, 2.24) is 19.7 Å². The van der Waals surface area contributed by atoms with Crippen LogP contribution in [0, 0.1) is 20.9 Å². The largest absolute Gasteiger partial charge is 0.452 e. The highest BCUT2D eigenvalue weighted by Crippen LogP contribution is 2.52. The van der Waals surface area contributed by atoms with Gasteiger partial charge in [0, 0.05) is 25.7 Å². The summed E-state index contributed by atoms with van der Waals surface area (Å²) in [7, 11) is 1.73. The van der Waals surface area contributed by atoms with Crippen LogP contribution >= 0.6 is 11.8 Å². The summed E-state index contributed by atoms with van der Waals surface area (Å²) in [5.41, 5.74) is 0.0352. The van der Waals surface area contributed by atoms with Crippen molar-refractivity contribution in [3.63, 3.8) is 0 Å². The smallest absolute Gasteiger partial charge is 0.338 e. The monoisotopic (exact) mass is 473 g/mol. The number of hydrogen-bond acceptors (Lipinski definition) is 8. The minimum Gasteiger partial charge on any atom is -0.452 e. The molecule has 1 amide bonds. The van der Waals surface area contributed by atoms with Crippen LogP contribution in [0.3, 0.4) is 0 Å². The molecule has 2 aromatic rings. The van der Waals surface area contributed by atoms with E-state index in [4.69, 9.17) is 4.74 Å². The van der Waals surface area contributed by atoms with Gasteiger partial charge in [0.05, 0.1) is 15.4 Å². The number of carbonyl (C=O) groups excluding carboxylic acids is 2. The molecular formula is C22H27N5O5S. The molecule has 1 aliphatic heterocycles. The Balaban J connectivity index is 1.42. The summed E-state index contributed by atoms with van der Waals surface area (Å²) in [4.78, 5) is 38.6. The maximum atomic E-state index is 12.8. The lowest BCUT2D eigenvalue weighted by Crippen LogP contribution is -2.39. The zero-order valence-corrected chi connectivity index (χ0v) is 19.9.